The minimum absolute atomic E-state index is 0.315. The SMILES string of the molecule is CCCCCOCN(CCNCc1ccccc1O)Cc1ccccc1O. The molecule has 0 radical (unpaired) electrons. The van der Waals surface area contributed by atoms with Gasteiger partial charge in [0.1, 0.15) is 11.5 Å². The molecule has 0 aromatic heterocycles. The number of benzene rings is 2. The van der Waals surface area contributed by atoms with Gasteiger partial charge >= 0.3 is 0 Å². The quantitative estimate of drug-likeness (QED) is 0.368. The number of hydrogen-bond donors (Lipinski definition) is 3. The van der Waals surface area contributed by atoms with E-state index in [4.69, 9.17) is 4.74 Å². The predicted molar refractivity (Wildman–Crippen MR) is 109 cm³/mol. The Hall–Kier alpha value is -2.08. The van der Waals surface area contributed by atoms with Crippen molar-refractivity contribution in [3.05, 3.63) is 59.7 Å². The van der Waals surface area contributed by atoms with Gasteiger partial charge in [0.25, 0.3) is 0 Å². The summed E-state index contributed by atoms with van der Waals surface area (Å²) in [7, 11) is 0. The van der Waals surface area contributed by atoms with Crippen LogP contribution in [0, 0.1) is 0 Å². The number of phenols is 2. The van der Waals surface area contributed by atoms with E-state index in [0.29, 0.717) is 31.3 Å². The van der Waals surface area contributed by atoms with Crippen molar-refractivity contribution in [2.24, 2.45) is 0 Å². The second-order valence-corrected chi connectivity index (χ2v) is 6.73. The van der Waals surface area contributed by atoms with Crippen LogP contribution in [-0.4, -0.2) is 41.5 Å². The predicted octanol–water partition coefficient (Wildman–Crippen LogP) is 3.85. The van der Waals surface area contributed by atoms with Crippen molar-refractivity contribution in [3.63, 3.8) is 0 Å². The molecule has 0 heterocycles. The van der Waals surface area contributed by atoms with E-state index in [-0.39, 0.29) is 0 Å². The normalized spacial score (nSPS) is 11.2. The Balaban J connectivity index is 1.81. The van der Waals surface area contributed by atoms with E-state index in [0.717, 1.165) is 37.2 Å². The Morgan fingerprint density at radius 3 is 2.26 bits per heavy atom. The third-order valence-electron chi connectivity index (χ3n) is 4.46. The molecule has 3 N–H and O–H groups in total. The Labute approximate surface area is 162 Å². The van der Waals surface area contributed by atoms with Gasteiger partial charge in [-0.1, -0.05) is 56.2 Å². The summed E-state index contributed by atoms with van der Waals surface area (Å²) in [6.45, 7) is 6.29. The molecule has 0 aliphatic carbocycles. The average molecular weight is 373 g/mol. The first-order valence-corrected chi connectivity index (χ1v) is 9.75. The van der Waals surface area contributed by atoms with Gasteiger partial charge in [-0.2, -0.15) is 0 Å². The smallest absolute Gasteiger partial charge is 0.120 e. The Kier molecular flexibility index (Phi) is 9.69. The molecule has 2 rings (SSSR count). The molecule has 0 saturated heterocycles. The van der Waals surface area contributed by atoms with Crippen molar-refractivity contribution in [2.75, 3.05) is 26.4 Å². The van der Waals surface area contributed by atoms with Crippen molar-refractivity contribution < 1.29 is 14.9 Å². The van der Waals surface area contributed by atoms with Crippen molar-refractivity contribution in [1.82, 2.24) is 10.2 Å². The van der Waals surface area contributed by atoms with Gasteiger partial charge in [0.05, 0.1) is 6.73 Å². The molecule has 2 aromatic carbocycles. The summed E-state index contributed by atoms with van der Waals surface area (Å²) in [4.78, 5) is 2.18. The first-order valence-electron chi connectivity index (χ1n) is 9.75. The van der Waals surface area contributed by atoms with Crippen LogP contribution in [0.5, 0.6) is 11.5 Å². The highest BCUT2D eigenvalue weighted by Gasteiger charge is 2.09. The molecule has 0 fully saturated rings. The zero-order chi connectivity index (χ0) is 19.3. The van der Waals surface area contributed by atoms with Crippen LogP contribution in [0.1, 0.15) is 37.3 Å². The maximum Gasteiger partial charge on any atom is 0.120 e. The fourth-order valence-corrected chi connectivity index (χ4v) is 2.84. The highest BCUT2D eigenvalue weighted by atomic mass is 16.5. The summed E-state index contributed by atoms with van der Waals surface area (Å²) in [5, 5.41) is 23.2. The number of aromatic hydroxyl groups is 2. The fourth-order valence-electron chi connectivity index (χ4n) is 2.84. The third-order valence-corrected chi connectivity index (χ3v) is 4.46. The molecule has 5 heteroatoms. The van der Waals surface area contributed by atoms with Crippen LogP contribution >= 0.6 is 0 Å². The maximum absolute atomic E-state index is 10.0. The first-order chi connectivity index (χ1) is 13.2. The summed E-state index contributed by atoms with van der Waals surface area (Å²) in [6, 6.07) is 14.8. The summed E-state index contributed by atoms with van der Waals surface area (Å²) in [6.07, 6.45) is 3.44. The summed E-state index contributed by atoms with van der Waals surface area (Å²) < 4.78 is 5.82. The van der Waals surface area contributed by atoms with Crippen molar-refractivity contribution in [3.8, 4) is 11.5 Å². The highest BCUT2D eigenvalue weighted by molar-refractivity contribution is 5.32. The third kappa shape index (κ3) is 7.99. The topological polar surface area (TPSA) is 65.0 Å². The van der Waals surface area contributed by atoms with Crippen molar-refractivity contribution >= 4 is 0 Å². The number of phenolic OH excluding ortho intramolecular Hbond substituents is 2. The highest BCUT2D eigenvalue weighted by Crippen LogP contribution is 2.18. The van der Waals surface area contributed by atoms with Crippen LogP contribution in [0.4, 0.5) is 0 Å². The molecule has 0 spiro atoms. The second-order valence-electron chi connectivity index (χ2n) is 6.73. The minimum Gasteiger partial charge on any atom is -0.508 e. The van der Waals surface area contributed by atoms with E-state index in [2.05, 4.69) is 17.1 Å². The Morgan fingerprint density at radius 1 is 0.926 bits per heavy atom. The number of hydrogen-bond acceptors (Lipinski definition) is 5. The number of rotatable bonds is 13. The minimum atomic E-state index is 0.315. The average Bonchev–Trinajstić information content (AvgIpc) is 2.67. The molecule has 5 nitrogen and oxygen atoms in total. The lowest BCUT2D eigenvalue weighted by molar-refractivity contribution is 0.0225. The van der Waals surface area contributed by atoms with Gasteiger partial charge in [-0.3, -0.25) is 4.90 Å². The number of nitrogens with one attached hydrogen (secondary N) is 1. The van der Waals surface area contributed by atoms with Crippen LogP contribution < -0.4 is 5.32 Å². The van der Waals surface area contributed by atoms with E-state index < -0.39 is 0 Å². The van der Waals surface area contributed by atoms with Gasteiger partial charge in [-0.05, 0) is 18.6 Å². The number of unbranched alkanes of at least 4 members (excludes halogenated alkanes) is 2. The van der Waals surface area contributed by atoms with Crippen molar-refractivity contribution in [1.29, 1.82) is 0 Å². The number of nitrogens with zero attached hydrogens (tertiary/aromatic N) is 1. The monoisotopic (exact) mass is 372 g/mol. The van der Waals surface area contributed by atoms with E-state index in [9.17, 15) is 10.2 Å². The standard InChI is InChI=1S/C22H32N2O3/c1-2-3-8-15-27-18-24(17-20-10-5-7-12-22(20)26)14-13-23-16-19-9-4-6-11-21(19)25/h4-7,9-12,23,25-26H,2-3,8,13-18H2,1H3. The van der Waals surface area contributed by atoms with Crippen LogP contribution in [0.2, 0.25) is 0 Å². The lowest BCUT2D eigenvalue weighted by Crippen LogP contribution is -2.33. The van der Waals surface area contributed by atoms with E-state index >= 15 is 0 Å². The van der Waals surface area contributed by atoms with E-state index in [1.54, 1.807) is 12.1 Å². The van der Waals surface area contributed by atoms with Crippen LogP contribution in [0.15, 0.2) is 48.5 Å². The lowest BCUT2D eigenvalue weighted by Gasteiger charge is -2.23. The van der Waals surface area contributed by atoms with Gasteiger partial charge < -0.3 is 20.3 Å². The van der Waals surface area contributed by atoms with Gasteiger partial charge in [0.2, 0.25) is 0 Å². The van der Waals surface area contributed by atoms with Crippen LogP contribution in [0.25, 0.3) is 0 Å². The first kappa shape index (κ1) is 21.2. The Morgan fingerprint density at radius 2 is 1.59 bits per heavy atom. The largest absolute Gasteiger partial charge is 0.508 e. The molecular weight excluding hydrogens is 340 g/mol. The summed E-state index contributed by atoms with van der Waals surface area (Å²) in [5.41, 5.74) is 1.79. The van der Waals surface area contributed by atoms with E-state index in [1.165, 1.54) is 12.8 Å². The second kappa shape index (κ2) is 12.3. The molecule has 2 aromatic rings. The molecule has 0 amide bonds. The number of para-hydroxylation sites is 2. The molecule has 0 atom stereocenters. The zero-order valence-corrected chi connectivity index (χ0v) is 16.2. The zero-order valence-electron chi connectivity index (χ0n) is 16.2. The Bertz CT molecular complexity index is 664. The van der Waals surface area contributed by atoms with Gasteiger partial charge in [-0.25, -0.2) is 0 Å². The van der Waals surface area contributed by atoms with E-state index in [1.807, 2.05) is 36.4 Å². The molecule has 148 valence electrons. The molecule has 0 aliphatic rings. The maximum atomic E-state index is 10.0. The van der Waals surface area contributed by atoms with Crippen molar-refractivity contribution in [2.45, 2.75) is 39.3 Å². The molecular formula is C22H32N2O3. The number of ether oxygens (including phenoxy) is 1. The molecule has 0 saturated carbocycles. The summed E-state index contributed by atoms with van der Waals surface area (Å²) in [5.74, 6) is 0.631. The molecule has 0 aliphatic heterocycles. The molecule has 0 unspecified atom stereocenters. The van der Waals surface area contributed by atoms with Crippen LogP contribution in [-0.2, 0) is 17.8 Å². The fraction of sp³-hybridized carbons (Fsp3) is 0.455. The van der Waals surface area contributed by atoms with Gasteiger partial charge in [0, 0.05) is 43.9 Å². The molecule has 0 bridgehead atoms. The lowest BCUT2D eigenvalue weighted by atomic mass is 10.2. The molecule has 27 heavy (non-hydrogen) atoms. The van der Waals surface area contributed by atoms with Gasteiger partial charge in [0.15, 0.2) is 0 Å². The van der Waals surface area contributed by atoms with Gasteiger partial charge in [-0.15, -0.1) is 0 Å². The summed E-state index contributed by atoms with van der Waals surface area (Å²) >= 11 is 0. The van der Waals surface area contributed by atoms with Crippen LogP contribution in [0.3, 0.4) is 0 Å².